The van der Waals surface area contributed by atoms with Crippen LogP contribution >= 0.6 is 22.9 Å². The summed E-state index contributed by atoms with van der Waals surface area (Å²) in [6.45, 7) is 3.77. The maximum Gasteiger partial charge on any atom is 0.341 e. The van der Waals surface area contributed by atoms with Gasteiger partial charge in [-0.3, -0.25) is 0 Å². The highest BCUT2D eigenvalue weighted by atomic mass is 35.5. The van der Waals surface area contributed by atoms with Crippen LogP contribution in [0.15, 0.2) is 30.3 Å². The molecule has 1 aromatic carbocycles. The maximum absolute atomic E-state index is 12.2. The standard InChI is InChI=1S/C16H13ClN2O2S/c1-9-7-10(2)18-15(17)14(9)16(20)21-8-13-19-11-5-3-4-6-12(11)22-13/h3-7H,8H2,1-2H3. The highest BCUT2D eigenvalue weighted by molar-refractivity contribution is 7.18. The van der Waals surface area contributed by atoms with Gasteiger partial charge in [0.1, 0.15) is 16.8 Å². The van der Waals surface area contributed by atoms with Gasteiger partial charge < -0.3 is 4.74 Å². The first kappa shape index (κ1) is 14.9. The lowest BCUT2D eigenvalue weighted by Crippen LogP contribution is -2.09. The van der Waals surface area contributed by atoms with E-state index in [1.165, 1.54) is 11.3 Å². The molecule has 3 aromatic rings. The van der Waals surface area contributed by atoms with Crippen molar-refractivity contribution in [3.63, 3.8) is 0 Å². The monoisotopic (exact) mass is 332 g/mol. The molecule has 0 spiro atoms. The Morgan fingerprint density at radius 3 is 2.77 bits per heavy atom. The van der Waals surface area contributed by atoms with E-state index in [9.17, 15) is 4.79 Å². The van der Waals surface area contributed by atoms with Crippen LogP contribution in [0.1, 0.15) is 26.6 Å². The number of hydrogen-bond acceptors (Lipinski definition) is 5. The third kappa shape index (κ3) is 2.96. The van der Waals surface area contributed by atoms with Gasteiger partial charge in [0.15, 0.2) is 0 Å². The fraction of sp³-hybridized carbons (Fsp3) is 0.188. The SMILES string of the molecule is Cc1cc(C)c(C(=O)OCc2nc3ccccc3s2)c(Cl)n1. The predicted molar refractivity (Wildman–Crippen MR) is 87.5 cm³/mol. The summed E-state index contributed by atoms with van der Waals surface area (Å²) < 4.78 is 6.40. The molecule has 112 valence electrons. The second-order valence-electron chi connectivity index (χ2n) is 4.90. The molecule has 0 radical (unpaired) electrons. The normalized spacial score (nSPS) is 10.9. The van der Waals surface area contributed by atoms with Crippen LogP contribution in [-0.4, -0.2) is 15.9 Å². The summed E-state index contributed by atoms with van der Waals surface area (Å²) in [4.78, 5) is 20.7. The van der Waals surface area contributed by atoms with Gasteiger partial charge in [-0.25, -0.2) is 14.8 Å². The smallest absolute Gasteiger partial charge is 0.341 e. The van der Waals surface area contributed by atoms with E-state index < -0.39 is 5.97 Å². The number of ether oxygens (including phenoxy) is 1. The van der Waals surface area contributed by atoms with Gasteiger partial charge in [0.25, 0.3) is 0 Å². The maximum atomic E-state index is 12.2. The first-order chi connectivity index (χ1) is 10.5. The molecule has 0 fully saturated rings. The Hall–Kier alpha value is -1.98. The fourth-order valence-corrected chi connectivity index (χ4v) is 3.46. The molecule has 0 N–H and O–H groups in total. The van der Waals surface area contributed by atoms with Crippen LogP contribution in [-0.2, 0) is 11.3 Å². The summed E-state index contributed by atoms with van der Waals surface area (Å²) in [7, 11) is 0. The van der Waals surface area contributed by atoms with Crippen molar-refractivity contribution in [3.05, 3.63) is 57.3 Å². The molecule has 0 atom stereocenters. The van der Waals surface area contributed by atoms with Crippen molar-refractivity contribution in [2.24, 2.45) is 0 Å². The summed E-state index contributed by atoms with van der Waals surface area (Å²) in [6, 6.07) is 9.61. The number of aromatic nitrogens is 2. The third-order valence-electron chi connectivity index (χ3n) is 3.17. The Morgan fingerprint density at radius 2 is 2.05 bits per heavy atom. The van der Waals surface area contributed by atoms with E-state index in [0.29, 0.717) is 5.56 Å². The second-order valence-corrected chi connectivity index (χ2v) is 6.37. The van der Waals surface area contributed by atoms with Crippen molar-refractivity contribution in [1.29, 1.82) is 0 Å². The Bertz CT molecular complexity index is 804. The van der Waals surface area contributed by atoms with E-state index in [2.05, 4.69) is 9.97 Å². The van der Waals surface area contributed by atoms with Crippen LogP contribution in [0.5, 0.6) is 0 Å². The van der Waals surface area contributed by atoms with Gasteiger partial charge in [0, 0.05) is 5.69 Å². The zero-order valence-electron chi connectivity index (χ0n) is 12.1. The van der Waals surface area contributed by atoms with Crippen LogP contribution < -0.4 is 0 Å². The number of carbonyl (C=O) groups excluding carboxylic acids is 1. The summed E-state index contributed by atoms with van der Waals surface area (Å²) in [5, 5.41) is 0.926. The number of rotatable bonds is 3. The number of halogens is 1. The molecule has 0 saturated heterocycles. The molecule has 0 unspecified atom stereocenters. The number of pyridine rings is 1. The first-order valence-electron chi connectivity index (χ1n) is 6.70. The molecule has 22 heavy (non-hydrogen) atoms. The Kier molecular flexibility index (Phi) is 4.09. The molecule has 0 aliphatic rings. The van der Waals surface area contributed by atoms with E-state index in [4.69, 9.17) is 16.3 Å². The minimum atomic E-state index is -0.478. The van der Waals surface area contributed by atoms with E-state index >= 15 is 0 Å². The van der Waals surface area contributed by atoms with Gasteiger partial charge in [0.2, 0.25) is 0 Å². The van der Waals surface area contributed by atoms with Crippen LogP contribution in [0.2, 0.25) is 5.15 Å². The van der Waals surface area contributed by atoms with Crippen molar-refractivity contribution in [2.45, 2.75) is 20.5 Å². The summed E-state index contributed by atoms with van der Waals surface area (Å²) in [5.41, 5.74) is 2.75. The average molecular weight is 333 g/mol. The van der Waals surface area contributed by atoms with Crippen molar-refractivity contribution in [3.8, 4) is 0 Å². The van der Waals surface area contributed by atoms with Crippen LogP contribution in [0.4, 0.5) is 0 Å². The van der Waals surface area contributed by atoms with Gasteiger partial charge in [0.05, 0.1) is 15.8 Å². The Balaban J connectivity index is 1.77. The number of carbonyl (C=O) groups is 1. The van der Waals surface area contributed by atoms with Crippen molar-refractivity contribution < 1.29 is 9.53 Å². The summed E-state index contributed by atoms with van der Waals surface area (Å²) in [5.74, 6) is -0.478. The van der Waals surface area contributed by atoms with Crippen LogP contribution in [0.3, 0.4) is 0 Å². The fourth-order valence-electron chi connectivity index (χ4n) is 2.22. The zero-order chi connectivity index (χ0) is 15.7. The predicted octanol–water partition coefficient (Wildman–Crippen LogP) is 4.32. The number of benzene rings is 1. The molecule has 0 saturated carbocycles. The highest BCUT2D eigenvalue weighted by Crippen LogP contribution is 2.24. The van der Waals surface area contributed by atoms with Crippen molar-refractivity contribution in [2.75, 3.05) is 0 Å². The second kappa shape index (κ2) is 6.02. The number of fused-ring (bicyclic) bond motifs is 1. The number of aryl methyl sites for hydroxylation is 2. The largest absolute Gasteiger partial charge is 0.455 e. The minimum Gasteiger partial charge on any atom is -0.455 e. The molecular formula is C16H13ClN2O2S. The minimum absolute atomic E-state index is 0.127. The number of esters is 1. The molecule has 2 aromatic heterocycles. The highest BCUT2D eigenvalue weighted by Gasteiger charge is 2.17. The lowest BCUT2D eigenvalue weighted by molar-refractivity contribution is 0.0471. The quantitative estimate of drug-likeness (QED) is 0.529. The van der Waals surface area contributed by atoms with E-state index in [1.54, 1.807) is 6.07 Å². The van der Waals surface area contributed by atoms with Gasteiger partial charge in [-0.2, -0.15) is 0 Å². The Morgan fingerprint density at radius 1 is 1.27 bits per heavy atom. The number of para-hydroxylation sites is 1. The lowest BCUT2D eigenvalue weighted by Gasteiger charge is -2.08. The number of nitrogens with zero attached hydrogens (tertiary/aromatic N) is 2. The molecule has 0 aliphatic carbocycles. The lowest BCUT2D eigenvalue weighted by atomic mass is 10.1. The molecule has 0 amide bonds. The first-order valence-corrected chi connectivity index (χ1v) is 7.89. The average Bonchev–Trinajstić information content (AvgIpc) is 2.86. The van der Waals surface area contributed by atoms with Gasteiger partial charge in [-0.1, -0.05) is 23.7 Å². The van der Waals surface area contributed by atoms with Gasteiger partial charge in [-0.15, -0.1) is 11.3 Å². The van der Waals surface area contributed by atoms with Crippen LogP contribution in [0, 0.1) is 13.8 Å². The topological polar surface area (TPSA) is 52.1 Å². The molecule has 3 rings (SSSR count). The summed E-state index contributed by atoms with van der Waals surface area (Å²) in [6.07, 6.45) is 0. The molecule has 4 nitrogen and oxygen atoms in total. The zero-order valence-corrected chi connectivity index (χ0v) is 13.7. The summed E-state index contributed by atoms with van der Waals surface area (Å²) >= 11 is 7.56. The molecule has 0 aliphatic heterocycles. The van der Waals surface area contributed by atoms with Crippen LogP contribution in [0.25, 0.3) is 10.2 Å². The number of thiazole rings is 1. The Labute approximate surface area is 136 Å². The molecule has 0 bridgehead atoms. The van der Waals surface area contributed by atoms with Crippen molar-refractivity contribution in [1.82, 2.24) is 9.97 Å². The van der Waals surface area contributed by atoms with Gasteiger partial charge >= 0.3 is 5.97 Å². The van der Waals surface area contributed by atoms with E-state index in [-0.39, 0.29) is 11.8 Å². The van der Waals surface area contributed by atoms with Gasteiger partial charge in [-0.05, 0) is 37.6 Å². The number of hydrogen-bond donors (Lipinski definition) is 0. The van der Waals surface area contributed by atoms with E-state index in [1.807, 2.05) is 38.1 Å². The molecule has 6 heteroatoms. The molecule has 2 heterocycles. The third-order valence-corrected chi connectivity index (χ3v) is 4.45. The molecular weight excluding hydrogens is 320 g/mol. The van der Waals surface area contributed by atoms with Crippen molar-refractivity contribution >= 4 is 39.1 Å². The van der Waals surface area contributed by atoms with E-state index in [0.717, 1.165) is 26.5 Å².